The molecule has 1 aliphatic heterocycles. The van der Waals surface area contributed by atoms with E-state index in [4.69, 9.17) is 0 Å². The summed E-state index contributed by atoms with van der Waals surface area (Å²) in [6.07, 6.45) is 2.05. The molecule has 0 spiro atoms. The predicted molar refractivity (Wildman–Crippen MR) is 50.3 cm³/mol. The summed E-state index contributed by atoms with van der Waals surface area (Å²) >= 11 is 0. The maximum atomic E-state index is 10.8. The van der Waals surface area contributed by atoms with E-state index in [1.54, 1.807) is 0 Å². The van der Waals surface area contributed by atoms with Gasteiger partial charge in [-0.1, -0.05) is 6.92 Å². The number of rotatable bonds is 5. The third-order valence-corrected chi connectivity index (χ3v) is 2.33. The van der Waals surface area contributed by atoms with E-state index < -0.39 is 0 Å². The average molecular weight is 186 g/mol. The molecule has 2 unspecified atom stereocenters. The van der Waals surface area contributed by atoms with Crippen LogP contribution in [0.2, 0.25) is 0 Å². The van der Waals surface area contributed by atoms with Crippen molar-refractivity contribution in [1.29, 1.82) is 0 Å². The van der Waals surface area contributed by atoms with Crippen LogP contribution in [0, 0.1) is 0 Å². The van der Waals surface area contributed by atoms with Gasteiger partial charge < -0.3 is 15.7 Å². The highest BCUT2D eigenvalue weighted by molar-refractivity contribution is 5.78. The summed E-state index contributed by atoms with van der Waals surface area (Å²) in [7, 11) is 0. The van der Waals surface area contributed by atoms with E-state index in [-0.39, 0.29) is 18.1 Å². The largest absolute Gasteiger partial charge is 0.392 e. The molecule has 1 amide bonds. The summed E-state index contributed by atoms with van der Waals surface area (Å²) in [5.41, 5.74) is 0. The lowest BCUT2D eigenvalue weighted by molar-refractivity contribution is -0.119. The van der Waals surface area contributed by atoms with Gasteiger partial charge in [0.15, 0.2) is 0 Å². The van der Waals surface area contributed by atoms with Crippen molar-refractivity contribution in [2.24, 2.45) is 0 Å². The second-order valence-electron chi connectivity index (χ2n) is 3.52. The highest BCUT2D eigenvalue weighted by atomic mass is 16.3. The van der Waals surface area contributed by atoms with Gasteiger partial charge in [0, 0.05) is 25.6 Å². The number of carbonyl (C=O) groups excluding carboxylic acids is 1. The molecule has 0 aliphatic carbocycles. The first-order valence-electron chi connectivity index (χ1n) is 4.90. The molecule has 76 valence electrons. The van der Waals surface area contributed by atoms with Crippen molar-refractivity contribution in [2.75, 3.05) is 13.1 Å². The lowest BCUT2D eigenvalue weighted by Gasteiger charge is -2.13. The quantitative estimate of drug-likeness (QED) is 0.549. The summed E-state index contributed by atoms with van der Waals surface area (Å²) in [4.78, 5) is 10.8. The molecule has 2 atom stereocenters. The van der Waals surface area contributed by atoms with E-state index in [1.807, 2.05) is 6.92 Å². The van der Waals surface area contributed by atoms with Gasteiger partial charge >= 0.3 is 0 Å². The minimum Gasteiger partial charge on any atom is -0.392 e. The van der Waals surface area contributed by atoms with E-state index in [2.05, 4.69) is 10.6 Å². The number of amides is 1. The highest BCUT2D eigenvalue weighted by Crippen LogP contribution is 2.04. The van der Waals surface area contributed by atoms with Crippen LogP contribution in [0.1, 0.15) is 26.2 Å². The third kappa shape index (κ3) is 3.74. The highest BCUT2D eigenvalue weighted by Gasteiger charge is 2.19. The molecule has 0 radical (unpaired) electrons. The number of aliphatic hydroxyl groups is 1. The van der Waals surface area contributed by atoms with Gasteiger partial charge in [-0.2, -0.15) is 0 Å². The fraction of sp³-hybridized carbons (Fsp3) is 0.889. The molecule has 0 aromatic heterocycles. The number of nitrogens with one attached hydrogen (secondary N) is 2. The van der Waals surface area contributed by atoms with E-state index in [0.29, 0.717) is 13.0 Å². The summed E-state index contributed by atoms with van der Waals surface area (Å²) in [6, 6.07) is 0.261. The standard InChI is InChI=1S/C9H18N2O2/c1-2-8(12)6-10-5-7-3-4-9(13)11-7/h7-8,10,12H,2-6H2,1H3,(H,11,13). The third-order valence-electron chi connectivity index (χ3n) is 2.33. The molecular weight excluding hydrogens is 168 g/mol. The number of aliphatic hydroxyl groups excluding tert-OH is 1. The van der Waals surface area contributed by atoms with Crippen molar-refractivity contribution in [3.63, 3.8) is 0 Å². The molecule has 0 bridgehead atoms. The van der Waals surface area contributed by atoms with Crippen LogP contribution in [0.5, 0.6) is 0 Å². The first-order chi connectivity index (χ1) is 6.22. The lowest BCUT2D eigenvalue weighted by Crippen LogP contribution is -2.38. The Balaban J connectivity index is 2.03. The second-order valence-corrected chi connectivity index (χ2v) is 3.52. The average Bonchev–Trinajstić information content (AvgIpc) is 2.51. The monoisotopic (exact) mass is 186 g/mol. The fourth-order valence-electron chi connectivity index (χ4n) is 1.40. The Morgan fingerprint density at radius 2 is 2.54 bits per heavy atom. The number of hydrogen-bond acceptors (Lipinski definition) is 3. The van der Waals surface area contributed by atoms with Gasteiger partial charge in [-0.05, 0) is 12.8 Å². The van der Waals surface area contributed by atoms with E-state index in [0.717, 1.165) is 19.4 Å². The summed E-state index contributed by atoms with van der Waals surface area (Å²) in [6.45, 7) is 3.33. The maximum absolute atomic E-state index is 10.8. The zero-order valence-electron chi connectivity index (χ0n) is 8.05. The Labute approximate surface area is 78.7 Å². The fourth-order valence-corrected chi connectivity index (χ4v) is 1.40. The smallest absolute Gasteiger partial charge is 0.220 e. The first kappa shape index (κ1) is 10.5. The normalized spacial score (nSPS) is 24.5. The topological polar surface area (TPSA) is 61.4 Å². The zero-order valence-corrected chi connectivity index (χ0v) is 8.05. The van der Waals surface area contributed by atoms with Crippen molar-refractivity contribution in [3.8, 4) is 0 Å². The molecule has 13 heavy (non-hydrogen) atoms. The van der Waals surface area contributed by atoms with Crippen LogP contribution in [0.25, 0.3) is 0 Å². The van der Waals surface area contributed by atoms with Gasteiger partial charge in [-0.15, -0.1) is 0 Å². The van der Waals surface area contributed by atoms with Crippen molar-refractivity contribution in [2.45, 2.75) is 38.3 Å². The van der Waals surface area contributed by atoms with Crippen molar-refractivity contribution < 1.29 is 9.90 Å². The van der Waals surface area contributed by atoms with Crippen LogP contribution >= 0.6 is 0 Å². The summed E-state index contributed by atoms with van der Waals surface area (Å²) < 4.78 is 0. The van der Waals surface area contributed by atoms with E-state index in [1.165, 1.54) is 0 Å². The van der Waals surface area contributed by atoms with Crippen LogP contribution < -0.4 is 10.6 Å². The van der Waals surface area contributed by atoms with Gasteiger partial charge in [0.1, 0.15) is 0 Å². The first-order valence-corrected chi connectivity index (χ1v) is 4.90. The molecular formula is C9H18N2O2. The van der Waals surface area contributed by atoms with Gasteiger partial charge in [-0.3, -0.25) is 4.79 Å². The minimum absolute atomic E-state index is 0.142. The zero-order chi connectivity index (χ0) is 9.68. The van der Waals surface area contributed by atoms with Gasteiger partial charge in [0.2, 0.25) is 5.91 Å². The minimum atomic E-state index is -0.267. The SMILES string of the molecule is CCC(O)CNCC1CCC(=O)N1. The molecule has 1 aliphatic rings. The van der Waals surface area contributed by atoms with Crippen molar-refractivity contribution in [3.05, 3.63) is 0 Å². The van der Waals surface area contributed by atoms with Crippen LogP contribution in [0.4, 0.5) is 0 Å². The lowest BCUT2D eigenvalue weighted by atomic mass is 10.2. The summed E-state index contributed by atoms with van der Waals surface area (Å²) in [5.74, 6) is 0.142. The van der Waals surface area contributed by atoms with Gasteiger partial charge in [0.25, 0.3) is 0 Å². The van der Waals surface area contributed by atoms with Crippen LogP contribution in [-0.4, -0.2) is 36.2 Å². The molecule has 1 saturated heterocycles. The van der Waals surface area contributed by atoms with Gasteiger partial charge in [0.05, 0.1) is 6.10 Å². The molecule has 0 aromatic rings. The molecule has 4 heteroatoms. The van der Waals surface area contributed by atoms with E-state index >= 15 is 0 Å². The Morgan fingerprint density at radius 1 is 1.77 bits per heavy atom. The van der Waals surface area contributed by atoms with Crippen LogP contribution in [-0.2, 0) is 4.79 Å². The predicted octanol–water partition coefficient (Wildman–Crippen LogP) is -0.374. The number of hydrogen-bond donors (Lipinski definition) is 3. The molecule has 1 rings (SSSR count). The molecule has 1 heterocycles. The Bertz CT molecular complexity index is 173. The Morgan fingerprint density at radius 3 is 3.08 bits per heavy atom. The maximum Gasteiger partial charge on any atom is 0.220 e. The van der Waals surface area contributed by atoms with Crippen molar-refractivity contribution in [1.82, 2.24) is 10.6 Å². The molecule has 4 nitrogen and oxygen atoms in total. The molecule has 0 aromatic carbocycles. The van der Waals surface area contributed by atoms with Crippen molar-refractivity contribution >= 4 is 5.91 Å². The Kier molecular flexibility index (Phi) is 4.18. The molecule has 1 fully saturated rings. The summed E-state index contributed by atoms with van der Waals surface area (Å²) in [5, 5.41) is 15.2. The second kappa shape index (κ2) is 5.19. The van der Waals surface area contributed by atoms with Crippen LogP contribution in [0.15, 0.2) is 0 Å². The van der Waals surface area contributed by atoms with Crippen LogP contribution in [0.3, 0.4) is 0 Å². The van der Waals surface area contributed by atoms with Gasteiger partial charge in [-0.25, -0.2) is 0 Å². The molecule has 3 N–H and O–H groups in total. The Hall–Kier alpha value is -0.610. The molecule has 0 saturated carbocycles. The number of carbonyl (C=O) groups is 1. The van der Waals surface area contributed by atoms with E-state index in [9.17, 15) is 9.90 Å².